The van der Waals surface area contributed by atoms with E-state index in [1.54, 1.807) is 12.1 Å². The molecular weight excluding hydrogens is 258 g/mol. The molecule has 1 aromatic carbocycles. The van der Waals surface area contributed by atoms with E-state index in [2.05, 4.69) is 6.92 Å². The molecule has 19 heavy (non-hydrogen) atoms. The zero-order valence-electron chi connectivity index (χ0n) is 12.2. The first-order valence-corrected chi connectivity index (χ1v) is 8.59. The second-order valence-corrected chi connectivity index (χ2v) is 6.63. The Kier molecular flexibility index (Phi) is 6.52. The highest BCUT2D eigenvalue weighted by molar-refractivity contribution is 7.89. The number of nitrogens with zero attached hydrogens (tertiary/aromatic N) is 1. The van der Waals surface area contributed by atoms with Crippen LogP contribution < -0.4 is 0 Å². The third-order valence-corrected chi connectivity index (χ3v) is 5.40. The molecule has 0 saturated heterocycles. The van der Waals surface area contributed by atoms with Crippen molar-refractivity contribution in [3.8, 4) is 0 Å². The van der Waals surface area contributed by atoms with Crippen LogP contribution in [0.5, 0.6) is 0 Å². The van der Waals surface area contributed by atoms with E-state index in [9.17, 15) is 8.42 Å². The molecule has 4 heteroatoms. The maximum Gasteiger partial charge on any atom is 0.243 e. The van der Waals surface area contributed by atoms with Crippen molar-refractivity contribution < 1.29 is 8.42 Å². The SMILES string of the molecule is CCCCCc1ccc(S(=O)(=O)N(CC)CC)cc1. The summed E-state index contributed by atoms with van der Waals surface area (Å²) in [4.78, 5) is 0.399. The van der Waals surface area contributed by atoms with Crippen molar-refractivity contribution in [3.05, 3.63) is 29.8 Å². The average molecular weight is 283 g/mol. The van der Waals surface area contributed by atoms with Crippen LogP contribution in [0.15, 0.2) is 29.2 Å². The Balaban J connectivity index is 2.80. The van der Waals surface area contributed by atoms with Crippen LogP contribution in [-0.4, -0.2) is 25.8 Å². The first kappa shape index (κ1) is 16.2. The standard InChI is InChI=1S/C15H25NO2S/c1-4-7-8-9-14-10-12-15(13-11-14)19(17,18)16(5-2)6-3/h10-13H,4-9H2,1-3H3. The van der Waals surface area contributed by atoms with Gasteiger partial charge in [-0.1, -0.05) is 45.7 Å². The van der Waals surface area contributed by atoms with Crippen LogP contribution in [0, 0.1) is 0 Å². The second-order valence-electron chi connectivity index (χ2n) is 4.69. The van der Waals surface area contributed by atoms with E-state index in [-0.39, 0.29) is 0 Å². The lowest BCUT2D eigenvalue weighted by atomic mass is 10.1. The Bertz CT molecular complexity index is 461. The van der Waals surface area contributed by atoms with E-state index in [1.165, 1.54) is 29.1 Å². The van der Waals surface area contributed by atoms with Gasteiger partial charge >= 0.3 is 0 Å². The summed E-state index contributed by atoms with van der Waals surface area (Å²) in [6.45, 7) is 6.92. The maximum absolute atomic E-state index is 12.3. The molecule has 0 aliphatic heterocycles. The lowest BCUT2D eigenvalue weighted by molar-refractivity contribution is 0.445. The average Bonchev–Trinajstić information content (AvgIpc) is 2.41. The smallest absolute Gasteiger partial charge is 0.207 e. The Morgan fingerprint density at radius 1 is 0.947 bits per heavy atom. The summed E-state index contributed by atoms with van der Waals surface area (Å²) in [5.41, 5.74) is 1.21. The Hall–Kier alpha value is -0.870. The fraction of sp³-hybridized carbons (Fsp3) is 0.600. The van der Waals surface area contributed by atoms with Crippen molar-refractivity contribution in [1.29, 1.82) is 0 Å². The number of sulfonamides is 1. The fourth-order valence-electron chi connectivity index (χ4n) is 2.12. The van der Waals surface area contributed by atoms with Gasteiger partial charge in [0.15, 0.2) is 0 Å². The highest BCUT2D eigenvalue weighted by Gasteiger charge is 2.20. The summed E-state index contributed by atoms with van der Waals surface area (Å²) in [6.07, 6.45) is 4.62. The summed E-state index contributed by atoms with van der Waals surface area (Å²) in [6, 6.07) is 7.34. The molecule has 0 aliphatic rings. The van der Waals surface area contributed by atoms with Crippen LogP contribution >= 0.6 is 0 Å². The van der Waals surface area contributed by atoms with Gasteiger partial charge in [-0.25, -0.2) is 8.42 Å². The summed E-state index contributed by atoms with van der Waals surface area (Å²) >= 11 is 0. The quantitative estimate of drug-likeness (QED) is 0.685. The molecule has 0 atom stereocenters. The number of aryl methyl sites for hydroxylation is 1. The summed E-state index contributed by atoms with van der Waals surface area (Å²) in [5.74, 6) is 0. The fourth-order valence-corrected chi connectivity index (χ4v) is 3.58. The minimum atomic E-state index is -3.31. The molecule has 0 aliphatic carbocycles. The lowest BCUT2D eigenvalue weighted by Crippen LogP contribution is -2.30. The zero-order valence-corrected chi connectivity index (χ0v) is 13.0. The van der Waals surface area contributed by atoms with E-state index in [4.69, 9.17) is 0 Å². The second kappa shape index (κ2) is 7.65. The molecule has 0 spiro atoms. The van der Waals surface area contributed by atoms with Gasteiger partial charge in [-0.05, 0) is 30.5 Å². The predicted octanol–water partition coefficient (Wildman–Crippen LogP) is 3.45. The predicted molar refractivity (Wildman–Crippen MR) is 79.8 cm³/mol. The monoisotopic (exact) mass is 283 g/mol. The van der Waals surface area contributed by atoms with Gasteiger partial charge in [0.2, 0.25) is 10.0 Å². The number of rotatable bonds is 8. The highest BCUT2D eigenvalue weighted by atomic mass is 32.2. The van der Waals surface area contributed by atoms with E-state index < -0.39 is 10.0 Å². The van der Waals surface area contributed by atoms with E-state index in [1.807, 2.05) is 26.0 Å². The topological polar surface area (TPSA) is 37.4 Å². The Morgan fingerprint density at radius 3 is 2.00 bits per heavy atom. The molecular formula is C15H25NO2S. The van der Waals surface area contributed by atoms with Gasteiger partial charge in [0.05, 0.1) is 4.90 Å². The Morgan fingerprint density at radius 2 is 1.53 bits per heavy atom. The van der Waals surface area contributed by atoms with Crippen LogP contribution in [0.1, 0.15) is 45.6 Å². The van der Waals surface area contributed by atoms with Crippen molar-refractivity contribution in [2.45, 2.75) is 51.3 Å². The molecule has 0 aromatic heterocycles. The van der Waals surface area contributed by atoms with Gasteiger partial charge in [-0.3, -0.25) is 0 Å². The first-order chi connectivity index (χ1) is 9.06. The largest absolute Gasteiger partial charge is 0.243 e. The van der Waals surface area contributed by atoms with Crippen molar-refractivity contribution in [3.63, 3.8) is 0 Å². The highest BCUT2D eigenvalue weighted by Crippen LogP contribution is 2.17. The lowest BCUT2D eigenvalue weighted by Gasteiger charge is -2.18. The van der Waals surface area contributed by atoms with Crippen molar-refractivity contribution >= 4 is 10.0 Å². The van der Waals surface area contributed by atoms with Crippen LogP contribution in [0.3, 0.4) is 0 Å². The van der Waals surface area contributed by atoms with Crippen molar-refractivity contribution in [2.75, 3.05) is 13.1 Å². The number of hydrogen-bond donors (Lipinski definition) is 0. The molecule has 1 rings (SSSR count). The van der Waals surface area contributed by atoms with Crippen molar-refractivity contribution in [1.82, 2.24) is 4.31 Å². The van der Waals surface area contributed by atoms with E-state index >= 15 is 0 Å². The molecule has 0 unspecified atom stereocenters. The maximum atomic E-state index is 12.3. The van der Waals surface area contributed by atoms with Gasteiger partial charge in [0.25, 0.3) is 0 Å². The molecule has 1 aromatic rings. The van der Waals surface area contributed by atoms with Crippen LogP contribution in [0.25, 0.3) is 0 Å². The number of hydrogen-bond acceptors (Lipinski definition) is 2. The van der Waals surface area contributed by atoms with Gasteiger partial charge < -0.3 is 0 Å². The normalized spacial score (nSPS) is 12.0. The van der Waals surface area contributed by atoms with Crippen LogP contribution in [0.4, 0.5) is 0 Å². The van der Waals surface area contributed by atoms with Gasteiger partial charge in [0.1, 0.15) is 0 Å². The molecule has 0 saturated carbocycles. The van der Waals surface area contributed by atoms with Crippen LogP contribution in [-0.2, 0) is 16.4 Å². The number of benzene rings is 1. The van der Waals surface area contributed by atoms with E-state index in [0.29, 0.717) is 18.0 Å². The zero-order chi connectivity index (χ0) is 14.3. The minimum absolute atomic E-state index is 0.399. The third kappa shape index (κ3) is 4.32. The molecule has 3 nitrogen and oxygen atoms in total. The number of unbranched alkanes of at least 4 members (excludes halogenated alkanes) is 2. The summed E-state index contributed by atoms with van der Waals surface area (Å²) in [7, 11) is -3.31. The molecule has 0 radical (unpaired) electrons. The summed E-state index contributed by atoms with van der Waals surface area (Å²) in [5, 5.41) is 0. The molecule has 0 bridgehead atoms. The van der Waals surface area contributed by atoms with Gasteiger partial charge in [-0.2, -0.15) is 4.31 Å². The van der Waals surface area contributed by atoms with Crippen LogP contribution in [0.2, 0.25) is 0 Å². The molecule has 0 amide bonds. The van der Waals surface area contributed by atoms with Gasteiger partial charge in [0, 0.05) is 13.1 Å². The Labute approximate surface area is 117 Å². The van der Waals surface area contributed by atoms with Gasteiger partial charge in [-0.15, -0.1) is 0 Å². The molecule has 0 N–H and O–H groups in total. The molecule has 0 fully saturated rings. The minimum Gasteiger partial charge on any atom is -0.207 e. The third-order valence-electron chi connectivity index (χ3n) is 3.34. The van der Waals surface area contributed by atoms with Crippen molar-refractivity contribution in [2.24, 2.45) is 0 Å². The molecule has 108 valence electrons. The molecule has 0 heterocycles. The van der Waals surface area contributed by atoms with E-state index in [0.717, 1.165) is 6.42 Å². The first-order valence-electron chi connectivity index (χ1n) is 7.15. The summed E-state index contributed by atoms with van der Waals surface area (Å²) < 4.78 is 26.1.